The Morgan fingerprint density at radius 3 is 2.63 bits per heavy atom. The average molecular weight is 402 g/mol. The number of amides is 1. The summed E-state index contributed by atoms with van der Waals surface area (Å²) in [6, 6.07) is 9.43. The van der Waals surface area contributed by atoms with Crippen LogP contribution < -0.4 is 5.56 Å². The van der Waals surface area contributed by atoms with Gasteiger partial charge in [-0.25, -0.2) is 4.39 Å². The van der Waals surface area contributed by atoms with Crippen molar-refractivity contribution in [1.29, 1.82) is 5.26 Å². The van der Waals surface area contributed by atoms with Crippen molar-refractivity contribution in [1.82, 2.24) is 14.5 Å². The van der Waals surface area contributed by atoms with Gasteiger partial charge in [0.2, 0.25) is 0 Å². The second-order valence-electron chi connectivity index (χ2n) is 7.34. The van der Waals surface area contributed by atoms with Gasteiger partial charge < -0.3 is 4.90 Å². The van der Waals surface area contributed by atoms with Crippen LogP contribution in [0, 0.1) is 31.0 Å². The number of benzene rings is 1. The Morgan fingerprint density at radius 1 is 1.20 bits per heavy atom. The fourth-order valence-corrected chi connectivity index (χ4v) is 3.82. The quantitative estimate of drug-likeness (QED) is 0.660. The van der Waals surface area contributed by atoms with Crippen LogP contribution in [0.1, 0.15) is 38.3 Å². The third-order valence-electron chi connectivity index (χ3n) is 5.48. The zero-order valence-corrected chi connectivity index (χ0v) is 16.6. The number of fused-ring (bicyclic) bond motifs is 1. The lowest BCUT2D eigenvalue weighted by molar-refractivity contribution is 0.0731. The minimum atomic E-state index is -0.447. The predicted molar refractivity (Wildman–Crippen MR) is 109 cm³/mol. The summed E-state index contributed by atoms with van der Waals surface area (Å²) >= 11 is 0. The number of nitriles is 1. The number of carbonyl (C=O) groups is 1. The summed E-state index contributed by atoms with van der Waals surface area (Å²) < 4.78 is 14.6. The highest BCUT2D eigenvalue weighted by atomic mass is 19.1. The maximum Gasteiger partial charge on any atom is 0.268 e. The van der Waals surface area contributed by atoms with Crippen molar-refractivity contribution in [3.63, 3.8) is 0 Å². The van der Waals surface area contributed by atoms with Crippen molar-refractivity contribution in [2.45, 2.75) is 26.8 Å². The van der Waals surface area contributed by atoms with Gasteiger partial charge in [-0.2, -0.15) is 5.26 Å². The van der Waals surface area contributed by atoms with Crippen LogP contribution in [-0.2, 0) is 13.0 Å². The molecule has 6 nitrogen and oxygen atoms in total. The average Bonchev–Trinajstić information content (AvgIpc) is 2.74. The monoisotopic (exact) mass is 402 g/mol. The van der Waals surface area contributed by atoms with E-state index in [0.717, 1.165) is 11.1 Å². The van der Waals surface area contributed by atoms with Crippen LogP contribution in [0.15, 0.2) is 47.5 Å². The van der Waals surface area contributed by atoms with Gasteiger partial charge in [0.25, 0.3) is 11.5 Å². The van der Waals surface area contributed by atoms with Crippen LogP contribution in [0.25, 0.3) is 5.69 Å². The van der Waals surface area contributed by atoms with Gasteiger partial charge >= 0.3 is 0 Å². The van der Waals surface area contributed by atoms with E-state index in [1.165, 1.54) is 28.8 Å². The second kappa shape index (κ2) is 7.56. The second-order valence-corrected chi connectivity index (χ2v) is 7.34. The van der Waals surface area contributed by atoms with E-state index in [9.17, 15) is 19.2 Å². The Kier molecular flexibility index (Phi) is 4.92. The lowest BCUT2D eigenvalue weighted by atomic mass is 9.95. The molecule has 0 unspecified atom stereocenters. The third-order valence-corrected chi connectivity index (χ3v) is 5.48. The Balaban J connectivity index is 1.71. The first-order valence-electron chi connectivity index (χ1n) is 9.55. The van der Waals surface area contributed by atoms with Gasteiger partial charge in [-0.05, 0) is 67.3 Å². The minimum absolute atomic E-state index is 0.0888. The van der Waals surface area contributed by atoms with Crippen LogP contribution in [0.2, 0.25) is 0 Å². The molecule has 1 aliphatic rings. The van der Waals surface area contributed by atoms with E-state index in [-0.39, 0.29) is 11.5 Å². The van der Waals surface area contributed by atoms with E-state index in [1.54, 1.807) is 37.2 Å². The molecule has 0 radical (unpaired) electrons. The fraction of sp³-hybridized carbons (Fsp3) is 0.217. The van der Waals surface area contributed by atoms with Gasteiger partial charge in [-0.3, -0.25) is 19.1 Å². The van der Waals surface area contributed by atoms with Crippen LogP contribution in [0.3, 0.4) is 0 Å². The van der Waals surface area contributed by atoms with Gasteiger partial charge in [0.15, 0.2) is 0 Å². The van der Waals surface area contributed by atoms with Crippen LogP contribution >= 0.6 is 0 Å². The minimum Gasteiger partial charge on any atom is -0.334 e. The van der Waals surface area contributed by atoms with E-state index in [1.807, 2.05) is 0 Å². The summed E-state index contributed by atoms with van der Waals surface area (Å²) in [6.07, 6.45) is 3.81. The third kappa shape index (κ3) is 3.26. The lowest BCUT2D eigenvalue weighted by Gasteiger charge is -2.29. The number of aryl methyl sites for hydroxylation is 2. The first kappa shape index (κ1) is 19.5. The van der Waals surface area contributed by atoms with Crippen molar-refractivity contribution in [3.05, 3.63) is 92.4 Å². The highest BCUT2D eigenvalue weighted by Crippen LogP contribution is 2.24. The molecule has 0 fully saturated rings. The van der Waals surface area contributed by atoms with Crippen LogP contribution in [0.5, 0.6) is 0 Å². The smallest absolute Gasteiger partial charge is 0.268 e. The Hall–Kier alpha value is -3.79. The van der Waals surface area contributed by atoms with Crippen molar-refractivity contribution >= 4 is 5.91 Å². The number of carbonyl (C=O) groups excluding carboxylic acids is 1. The molecule has 4 rings (SSSR count). The summed E-state index contributed by atoms with van der Waals surface area (Å²) in [6.45, 7) is 4.22. The zero-order valence-electron chi connectivity index (χ0n) is 16.6. The summed E-state index contributed by atoms with van der Waals surface area (Å²) in [5, 5.41) is 9.42. The molecule has 1 aromatic carbocycles. The number of pyridine rings is 2. The van der Waals surface area contributed by atoms with E-state index < -0.39 is 11.4 Å². The molecule has 7 heteroatoms. The highest BCUT2D eigenvalue weighted by molar-refractivity contribution is 5.95. The molecule has 1 aliphatic heterocycles. The largest absolute Gasteiger partial charge is 0.334 e. The van der Waals surface area contributed by atoms with Gasteiger partial charge in [0.1, 0.15) is 17.4 Å². The van der Waals surface area contributed by atoms with Crippen LogP contribution in [0.4, 0.5) is 4.39 Å². The molecule has 0 N–H and O–H groups in total. The fourth-order valence-electron chi connectivity index (χ4n) is 3.82. The molecule has 0 bridgehead atoms. The van der Waals surface area contributed by atoms with Crippen molar-refractivity contribution in [2.75, 3.05) is 6.54 Å². The van der Waals surface area contributed by atoms with Crippen molar-refractivity contribution in [3.8, 4) is 11.8 Å². The molecule has 0 aliphatic carbocycles. The molecular formula is C23H19FN4O2. The van der Waals surface area contributed by atoms with E-state index in [0.29, 0.717) is 42.0 Å². The summed E-state index contributed by atoms with van der Waals surface area (Å²) in [5.41, 5.74) is 3.69. The number of rotatable bonds is 2. The van der Waals surface area contributed by atoms with Gasteiger partial charge in [-0.15, -0.1) is 0 Å². The van der Waals surface area contributed by atoms with Gasteiger partial charge in [-0.1, -0.05) is 0 Å². The van der Waals surface area contributed by atoms with Gasteiger partial charge in [0, 0.05) is 31.2 Å². The molecular weight excluding hydrogens is 383 g/mol. The molecule has 0 saturated carbocycles. The number of aromatic nitrogens is 2. The standard InChI is InChI=1S/C23H19FN4O2/c1-14-7-10-28(18-5-3-17(24)4-6-18)23(30)21(14)22(29)27-9-8-19-16(13-27)12-26-15(2)20(19)11-25/h3-7,10,12H,8-9,13H2,1-2H3. The molecule has 30 heavy (non-hydrogen) atoms. The van der Waals surface area contributed by atoms with Crippen molar-refractivity contribution < 1.29 is 9.18 Å². The summed E-state index contributed by atoms with van der Waals surface area (Å²) in [4.78, 5) is 32.3. The van der Waals surface area contributed by atoms with Crippen LogP contribution in [-0.4, -0.2) is 26.9 Å². The Labute approximate surface area is 172 Å². The number of halogens is 1. The molecule has 150 valence electrons. The molecule has 0 spiro atoms. The number of nitrogens with zero attached hydrogens (tertiary/aromatic N) is 4. The predicted octanol–water partition coefficient (Wildman–Crippen LogP) is 3.06. The topological polar surface area (TPSA) is 79.0 Å². The number of hydrogen-bond acceptors (Lipinski definition) is 4. The van der Waals surface area contributed by atoms with E-state index in [2.05, 4.69) is 11.1 Å². The zero-order chi connectivity index (χ0) is 21.4. The van der Waals surface area contributed by atoms with E-state index in [4.69, 9.17) is 0 Å². The van der Waals surface area contributed by atoms with Crippen molar-refractivity contribution in [2.24, 2.45) is 0 Å². The normalized spacial score (nSPS) is 12.9. The Bertz CT molecular complexity index is 1260. The summed E-state index contributed by atoms with van der Waals surface area (Å²) in [7, 11) is 0. The molecule has 0 saturated heterocycles. The molecule has 2 aromatic heterocycles. The first-order chi connectivity index (χ1) is 14.4. The number of hydrogen-bond donors (Lipinski definition) is 0. The SMILES string of the molecule is Cc1ccn(-c2ccc(F)cc2)c(=O)c1C(=O)N1CCc2c(cnc(C)c2C#N)C1. The molecule has 0 atom stereocenters. The molecule has 3 heterocycles. The first-order valence-corrected chi connectivity index (χ1v) is 9.55. The van der Waals surface area contributed by atoms with E-state index >= 15 is 0 Å². The Morgan fingerprint density at radius 2 is 1.93 bits per heavy atom. The lowest BCUT2D eigenvalue weighted by Crippen LogP contribution is -2.40. The summed E-state index contributed by atoms with van der Waals surface area (Å²) in [5.74, 6) is -0.763. The highest BCUT2D eigenvalue weighted by Gasteiger charge is 2.27. The maximum atomic E-state index is 13.3. The molecule has 3 aromatic rings. The van der Waals surface area contributed by atoms with Gasteiger partial charge in [0.05, 0.1) is 11.3 Å². The molecule has 1 amide bonds. The maximum absolute atomic E-state index is 13.3.